The molecule has 4 nitrogen and oxygen atoms in total. The average Bonchev–Trinajstić information content (AvgIpc) is 2.92. The van der Waals surface area contributed by atoms with Gasteiger partial charge in [-0.15, -0.1) is 0 Å². The van der Waals surface area contributed by atoms with Crippen molar-refractivity contribution in [2.45, 2.75) is 38.8 Å². The van der Waals surface area contributed by atoms with Gasteiger partial charge in [0, 0.05) is 30.9 Å². The van der Waals surface area contributed by atoms with Gasteiger partial charge in [0.2, 0.25) is 0 Å². The van der Waals surface area contributed by atoms with Crippen molar-refractivity contribution in [2.75, 3.05) is 19.6 Å². The smallest absolute Gasteiger partial charge is 0.0706 e. The Morgan fingerprint density at radius 2 is 2.10 bits per heavy atom. The highest BCUT2D eigenvalue weighted by molar-refractivity contribution is 5.53. The summed E-state index contributed by atoms with van der Waals surface area (Å²) in [7, 11) is 0. The van der Waals surface area contributed by atoms with Gasteiger partial charge < -0.3 is 5.32 Å². The Hall–Kier alpha value is -1.39. The summed E-state index contributed by atoms with van der Waals surface area (Å²) in [5.74, 6) is 0. The molecule has 3 rings (SSSR count). The highest BCUT2D eigenvalue weighted by atomic mass is 15.2. The number of pyridine rings is 1. The van der Waals surface area contributed by atoms with Gasteiger partial charge in [0.15, 0.2) is 0 Å². The van der Waals surface area contributed by atoms with Gasteiger partial charge >= 0.3 is 0 Å². The summed E-state index contributed by atoms with van der Waals surface area (Å²) in [6, 6.07) is 6.82. The molecule has 3 heterocycles. The monoisotopic (exact) mass is 272 g/mol. The fourth-order valence-electron chi connectivity index (χ4n) is 3.03. The van der Waals surface area contributed by atoms with E-state index in [1.807, 2.05) is 23.0 Å². The van der Waals surface area contributed by atoms with Gasteiger partial charge in [-0.3, -0.25) is 4.90 Å². The predicted molar refractivity (Wildman–Crippen MR) is 81.8 cm³/mol. The van der Waals surface area contributed by atoms with Crippen LogP contribution in [0.4, 0.5) is 0 Å². The first-order valence-corrected chi connectivity index (χ1v) is 7.70. The number of aromatic nitrogens is 2. The summed E-state index contributed by atoms with van der Waals surface area (Å²) >= 11 is 0. The second-order valence-electron chi connectivity index (χ2n) is 5.78. The molecule has 20 heavy (non-hydrogen) atoms. The molecule has 108 valence electrons. The standard InChI is InChI=1S/C16H24N4/c1-14(19-8-4-2-5-9-19)11-17-12-15-13-18-20-10-6-3-7-16(15)20/h3,6-7,10,13-14,17H,2,4-5,8-9,11-12H2,1H3. The first-order chi connectivity index (χ1) is 9.84. The van der Waals surface area contributed by atoms with Crippen molar-refractivity contribution in [3.05, 3.63) is 36.2 Å². The fraction of sp³-hybridized carbons (Fsp3) is 0.562. The molecule has 0 saturated carbocycles. The van der Waals surface area contributed by atoms with E-state index in [1.165, 1.54) is 43.4 Å². The quantitative estimate of drug-likeness (QED) is 0.906. The SMILES string of the molecule is CC(CNCc1cnn2ccccc12)N1CCCCC1. The van der Waals surface area contributed by atoms with Crippen molar-refractivity contribution >= 4 is 5.52 Å². The van der Waals surface area contributed by atoms with Crippen LogP contribution in [0.5, 0.6) is 0 Å². The van der Waals surface area contributed by atoms with Crippen LogP contribution in [0.1, 0.15) is 31.7 Å². The zero-order chi connectivity index (χ0) is 13.8. The van der Waals surface area contributed by atoms with Crippen LogP contribution in [0.3, 0.4) is 0 Å². The average molecular weight is 272 g/mol. The van der Waals surface area contributed by atoms with Crippen LogP contribution in [0, 0.1) is 0 Å². The Morgan fingerprint density at radius 3 is 2.95 bits per heavy atom. The Bertz CT molecular complexity index is 542. The third-order valence-corrected chi connectivity index (χ3v) is 4.28. The zero-order valence-electron chi connectivity index (χ0n) is 12.3. The second kappa shape index (κ2) is 6.37. The molecule has 2 aromatic heterocycles. The Balaban J connectivity index is 1.52. The van der Waals surface area contributed by atoms with Gasteiger partial charge in [0.25, 0.3) is 0 Å². The van der Waals surface area contributed by atoms with E-state index in [0.29, 0.717) is 6.04 Å². The van der Waals surface area contributed by atoms with E-state index < -0.39 is 0 Å². The van der Waals surface area contributed by atoms with Gasteiger partial charge in [-0.2, -0.15) is 5.10 Å². The van der Waals surface area contributed by atoms with Gasteiger partial charge in [0.05, 0.1) is 11.7 Å². The van der Waals surface area contributed by atoms with Gasteiger partial charge in [-0.05, 0) is 45.0 Å². The van der Waals surface area contributed by atoms with Crippen molar-refractivity contribution in [3.8, 4) is 0 Å². The molecule has 0 spiro atoms. The van der Waals surface area contributed by atoms with Crippen LogP contribution in [0.15, 0.2) is 30.6 Å². The van der Waals surface area contributed by atoms with Crippen molar-refractivity contribution in [1.82, 2.24) is 19.8 Å². The maximum atomic E-state index is 4.37. The molecule has 0 aliphatic carbocycles. The van der Waals surface area contributed by atoms with Crippen molar-refractivity contribution < 1.29 is 0 Å². The molecule has 2 aromatic rings. The van der Waals surface area contributed by atoms with E-state index in [0.717, 1.165) is 13.1 Å². The third-order valence-electron chi connectivity index (χ3n) is 4.28. The van der Waals surface area contributed by atoms with Gasteiger partial charge in [0.1, 0.15) is 0 Å². The fourth-order valence-corrected chi connectivity index (χ4v) is 3.03. The molecule has 1 N–H and O–H groups in total. The van der Waals surface area contributed by atoms with E-state index in [9.17, 15) is 0 Å². The molecule has 0 bridgehead atoms. The molecule has 1 saturated heterocycles. The number of hydrogen-bond acceptors (Lipinski definition) is 3. The maximum absolute atomic E-state index is 4.37. The number of fused-ring (bicyclic) bond motifs is 1. The summed E-state index contributed by atoms with van der Waals surface area (Å²) in [4.78, 5) is 2.60. The molecule has 1 atom stereocenters. The molecule has 1 aliphatic heterocycles. The van der Waals surface area contributed by atoms with Crippen LogP contribution in [0.2, 0.25) is 0 Å². The van der Waals surface area contributed by atoms with E-state index in [2.05, 4.69) is 34.4 Å². The summed E-state index contributed by atoms with van der Waals surface area (Å²) in [6.45, 7) is 6.80. The molecule has 1 unspecified atom stereocenters. The molecular weight excluding hydrogens is 248 g/mol. The van der Waals surface area contributed by atoms with Crippen LogP contribution >= 0.6 is 0 Å². The van der Waals surface area contributed by atoms with E-state index in [4.69, 9.17) is 0 Å². The lowest BCUT2D eigenvalue weighted by Crippen LogP contribution is -2.42. The normalized spacial score (nSPS) is 18.4. The van der Waals surface area contributed by atoms with E-state index in [-0.39, 0.29) is 0 Å². The van der Waals surface area contributed by atoms with Gasteiger partial charge in [-0.25, -0.2) is 4.52 Å². The molecular formula is C16H24N4. The molecule has 0 radical (unpaired) electrons. The lowest BCUT2D eigenvalue weighted by molar-refractivity contribution is 0.171. The lowest BCUT2D eigenvalue weighted by atomic mass is 10.1. The molecule has 0 amide bonds. The first kappa shape index (κ1) is 13.6. The second-order valence-corrected chi connectivity index (χ2v) is 5.78. The number of rotatable bonds is 5. The number of piperidine rings is 1. The minimum Gasteiger partial charge on any atom is -0.311 e. The Kier molecular flexibility index (Phi) is 4.33. The Morgan fingerprint density at radius 1 is 1.25 bits per heavy atom. The summed E-state index contributed by atoms with van der Waals surface area (Å²) in [5, 5.41) is 7.95. The maximum Gasteiger partial charge on any atom is 0.0706 e. The Labute approximate surface area is 120 Å². The number of nitrogens with one attached hydrogen (secondary N) is 1. The number of nitrogens with zero attached hydrogens (tertiary/aromatic N) is 3. The number of likely N-dealkylation sites (tertiary alicyclic amines) is 1. The van der Waals surface area contributed by atoms with Crippen molar-refractivity contribution in [1.29, 1.82) is 0 Å². The lowest BCUT2D eigenvalue weighted by Gasteiger charge is -2.32. The van der Waals surface area contributed by atoms with Crippen LogP contribution in [0.25, 0.3) is 5.52 Å². The summed E-state index contributed by atoms with van der Waals surface area (Å²) in [6.07, 6.45) is 8.08. The van der Waals surface area contributed by atoms with Crippen molar-refractivity contribution in [3.63, 3.8) is 0 Å². The van der Waals surface area contributed by atoms with Crippen LogP contribution in [-0.2, 0) is 6.54 Å². The van der Waals surface area contributed by atoms with Crippen molar-refractivity contribution in [2.24, 2.45) is 0 Å². The van der Waals surface area contributed by atoms with E-state index >= 15 is 0 Å². The molecule has 1 fully saturated rings. The predicted octanol–water partition coefficient (Wildman–Crippen LogP) is 2.30. The zero-order valence-corrected chi connectivity index (χ0v) is 12.3. The van der Waals surface area contributed by atoms with E-state index in [1.54, 1.807) is 0 Å². The largest absolute Gasteiger partial charge is 0.311 e. The molecule has 0 aromatic carbocycles. The first-order valence-electron chi connectivity index (χ1n) is 7.70. The summed E-state index contributed by atoms with van der Waals surface area (Å²) in [5.41, 5.74) is 2.47. The minimum atomic E-state index is 0.622. The van der Waals surface area contributed by atoms with Crippen LogP contribution in [-0.4, -0.2) is 40.2 Å². The topological polar surface area (TPSA) is 32.6 Å². The minimum absolute atomic E-state index is 0.622. The molecule has 4 heteroatoms. The summed E-state index contributed by atoms with van der Waals surface area (Å²) < 4.78 is 1.94. The van der Waals surface area contributed by atoms with Gasteiger partial charge in [-0.1, -0.05) is 12.5 Å². The number of hydrogen-bond donors (Lipinski definition) is 1. The highest BCUT2D eigenvalue weighted by Gasteiger charge is 2.16. The molecule has 1 aliphatic rings. The third kappa shape index (κ3) is 3.02. The highest BCUT2D eigenvalue weighted by Crippen LogP contribution is 2.12. The van der Waals surface area contributed by atoms with Crippen LogP contribution < -0.4 is 5.32 Å².